The first-order valence-electron chi connectivity index (χ1n) is 8.04. The van der Waals surface area contributed by atoms with Crippen LogP contribution in [0.25, 0.3) is 0 Å². The Morgan fingerprint density at radius 3 is 2.05 bits per heavy atom. The average molecular weight is 288 g/mol. The van der Waals surface area contributed by atoms with Gasteiger partial charge in [-0.3, -0.25) is 0 Å². The molecule has 0 aromatic heterocycles. The molecule has 1 fully saturated rings. The van der Waals surface area contributed by atoms with E-state index in [1.54, 1.807) is 0 Å². The maximum Gasteiger partial charge on any atom is 0.0701 e. The number of ether oxygens (including phenoxy) is 3. The van der Waals surface area contributed by atoms with E-state index in [4.69, 9.17) is 19.9 Å². The number of likely N-dealkylation sites (tertiary alicyclic amines) is 1. The van der Waals surface area contributed by atoms with E-state index in [1.165, 1.54) is 6.42 Å². The molecule has 0 saturated carbocycles. The number of piperidine rings is 1. The van der Waals surface area contributed by atoms with Crippen molar-refractivity contribution in [3.05, 3.63) is 0 Å². The molecule has 0 unspecified atom stereocenters. The summed E-state index contributed by atoms with van der Waals surface area (Å²) in [6, 6.07) is 0.403. The lowest BCUT2D eigenvalue weighted by Gasteiger charge is -2.29. The third-order valence-electron chi connectivity index (χ3n) is 3.57. The maximum absolute atomic E-state index is 5.87. The van der Waals surface area contributed by atoms with Gasteiger partial charge in [-0.2, -0.15) is 0 Å². The standard InChI is InChI=1S/C15H32N2O3/c1-2-3-9-18-11-13-20-14-12-19-10-8-17-6-4-15(16)5-7-17/h15H,2-14,16H2,1H3. The quantitative estimate of drug-likeness (QED) is 0.548. The minimum Gasteiger partial charge on any atom is -0.379 e. The second-order valence-electron chi connectivity index (χ2n) is 5.37. The van der Waals surface area contributed by atoms with Crippen LogP contribution < -0.4 is 5.73 Å². The van der Waals surface area contributed by atoms with Gasteiger partial charge in [-0.1, -0.05) is 13.3 Å². The number of nitrogens with two attached hydrogens (primary N) is 1. The Labute approximate surface area is 123 Å². The smallest absolute Gasteiger partial charge is 0.0701 e. The van der Waals surface area contributed by atoms with Gasteiger partial charge in [0.25, 0.3) is 0 Å². The highest BCUT2D eigenvalue weighted by atomic mass is 16.5. The monoisotopic (exact) mass is 288 g/mol. The Bertz CT molecular complexity index is 209. The van der Waals surface area contributed by atoms with Crippen molar-refractivity contribution in [1.82, 2.24) is 4.90 Å². The van der Waals surface area contributed by atoms with E-state index >= 15 is 0 Å². The van der Waals surface area contributed by atoms with Gasteiger partial charge in [0.1, 0.15) is 0 Å². The van der Waals surface area contributed by atoms with Crippen molar-refractivity contribution in [3.63, 3.8) is 0 Å². The zero-order valence-electron chi connectivity index (χ0n) is 13.0. The minimum atomic E-state index is 0.403. The Hall–Kier alpha value is -0.200. The van der Waals surface area contributed by atoms with Crippen LogP contribution in [0.4, 0.5) is 0 Å². The van der Waals surface area contributed by atoms with Gasteiger partial charge in [0.05, 0.1) is 33.0 Å². The zero-order valence-corrected chi connectivity index (χ0v) is 13.0. The van der Waals surface area contributed by atoms with Crippen LogP contribution in [0.1, 0.15) is 32.6 Å². The van der Waals surface area contributed by atoms with Gasteiger partial charge < -0.3 is 24.8 Å². The van der Waals surface area contributed by atoms with Crippen LogP contribution in [0.5, 0.6) is 0 Å². The largest absolute Gasteiger partial charge is 0.379 e. The molecule has 0 aromatic carbocycles. The molecular formula is C15H32N2O3. The van der Waals surface area contributed by atoms with Gasteiger partial charge in [0, 0.05) is 19.2 Å². The number of hydrogen-bond donors (Lipinski definition) is 1. The number of nitrogens with zero attached hydrogens (tertiary/aromatic N) is 1. The van der Waals surface area contributed by atoms with Crippen molar-refractivity contribution >= 4 is 0 Å². The summed E-state index contributed by atoms with van der Waals surface area (Å²) in [7, 11) is 0. The van der Waals surface area contributed by atoms with E-state index in [0.29, 0.717) is 32.5 Å². The van der Waals surface area contributed by atoms with Crippen molar-refractivity contribution in [3.8, 4) is 0 Å². The molecule has 0 bridgehead atoms. The predicted octanol–water partition coefficient (Wildman–Crippen LogP) is 1.26. The van der Waals surface area contributed by atoms with Crippen LogP contribution >= 0.6 is 0 Å². The van der Waals surface area contributed by atoms with Gasteiger partial charge in [-0.15, -0.1) is 0 Å². The summed E-state index contributed by atoms with van der Waals surface area (Å²) >= 11 is 0. The summed E-state index contributed by atoms with van der Waals surface area (Å²) in [5, 5.41) is 0. The third kappa shape index (κ3) is 9.66. The van der Waals surface area contributed by atoms with Crippen molar-refractivity contribution in [2.75, 3.05) is 59.3 Å². The van der Waals surface area contributed by atoms with Crippen molar-refractivity contribution < 1.29 is 14.2 Å². The van der Waals surface area contributed by atoms with Gasteiger partial charge >= 0.3 is 0 Å². The molecule has 5 heteroatoms. The first-order chi connectivity index (χ1) is 9.83. The molecule has 1 heterocycles. The number of unbranched alkanes of at least 4 members (excludes halogenated alkanes) is 1. The molecule has 0 amide bonds. The van der Waals surface area contributed by atoms with Crippen LogP contribution in [-0.4, -0.2) is 70.2 Å². The molecule has 1 rings (SSSR count). The second kappa shape index (κ2) is 12.5. The Morgan fingerprint density at radius 2 is 1.45 bits per heavy atom. The molecule has 2 N–H and O–H groups in total. The van der Waals surface area contributed by atoms with Gasteiger partial charge in [-0.05, 0) is 32.4 Å². The van der Waals surface area contributed by atoms with Crippen LogP contribution in [0, 0.1) is 0 Å². The van der Waals surface area contributed by atoms with E-state index in [-0.39, 0.29) is 0 Å². The lowest BCUT2D eigenvalue weighted by Crippen LogP contribution is -2.41. The average Bonchev–Trinajstić information content (AvgIpc) is 2.47. The molecule has 0 aliphatic carbocycles. The Kier molecular flexibility index (Phi) is 11.2. The van der Waals surface area contributed by atoms with Gasteiger partial charge in [0.15, 0.2) is 0 Å². The Balaban J connectivity index is 1.74. The van der Waals surface area contributed by atoms with Gasteiger partial charge in [0.2, 0.25) is 0 Å². The van der Waals surface area contributed by atoms with Crippen LogP contribution in [0.15, 0.2) is 0 Å². The van der Waals surface area contributed by atoms with E-state index in [9.17, 15) is 0 Å². The topological polar surface area (TPSA) is 57.0 Å². The summed E-state index contributed by atoms with van der Waals surface area (Å²) in [5.74, 6) is 0. The number of hydrogen-bond acceptors (Lipinski definition) is 5. The van der Waals surface area contributed by atoms with Crippen LogP contribution in [0.3, 0.4) is 0 Å². The SMILES string of the molecule is CCCCOCCOCCOCCN1CCC(N)CC1. The highest BCUT2D eigenvalue weighted by Crippen LogP contribution is 2.07. The molecule has 5 nitrogen and oxygen atoms in total. The van der Waals surface area contributed by atoms with Crippen molar-refractivity contribution in [2.45, 2.75) is 38.6 Å². The summed E-state index contributed by atoms with van der Waals surface area (Å²) in [4.78, 5) is 2.42. The van der Waals surface area contributed by atoms with E-state index in [0.717, 1.165) is 52.1 Å². The van der Waals surface area contributed by atoms with Gasteiger partial charge in [-0.25, -0.2) is 0 Å². The fraction of sp³-hybridized carbons (Fsp3) is 1.00. The van der Waals surface area contributed by atoms with E-state index in [2.05, 4.69) is 11.8 Å². The lowest BCUT2D eigenvalue weighted by molar-refractivity contribution is 0.00916. The highest BCUT2D eigenvalue weighted by molar-refractivity contribution is 4.73. The normalized spacial score (nSPS) is 17.7. The molecule has 120 valence electrons. The molecule has 0 radical (unpaired) electrons. The molecular weight excluding hydrogens is 256 g/mol. The van der Waals surface area contributed by atoms with Crippen molar-refractivity contribution in [2.24, 2.45) is 5.73 Å². The summed E-state index contributed by atoms with van der Waals surface area (Å²) in [5.41, 5.74) is 5.87. The van der Waals surface area contributed by atoms with Crippen LogP contribution in [-0.2, 0) is 14.2 Å². The maximum atomic E-state index is 5.87. The molecule has 0 aromatic rings. The molecule has 0 atom stereocenters. The fourth-order valence-electron chi connectivity index (χ4n) is 2.16. The molecule has 1 saturated heterocycles. The predicted molar refractivity (Wildman–Crippen MR) is 81.0 cm³/mol. The van der Waals surface area contributed by atoms with E-state index in [1.807, 2.05) is 0 Å². The molecule has 20 heavy (non-hydrogen) atoms. The van der Waals surface area contributed by atoms with Crippen LogP contribution in [0.2, 0.25) is 0 Å². The zero-order chi connectivity index (χ0) is 14.5. The first-order valence-corrected chi connectivity index (χ1v) is 8.04. The van der Waals surface area contributed by atoms with E-state index < -0.39 is 0 Å². The first kappa shape index (κ1) is 17.9. The van der Waals surface area contributed by atoms with Crippen molar-refractivity contribution in [1.29, 1.82) is 0 Å². The fourth-order valence-corrected chi connectivity index (χ4v) is 2.16. The molecule has 0 spiro atoms. The lowest BCUT2D eigenvalue weighted by atomic mass is 10.1. The molecule has 1 aliphatic rings. The highest BCUT2D eigenvalue weighted by Gasteiger charge is 2.14. The minimum absolute atomic E-state index is 0.403. The molecule has 1 aliphatic heterocycles. The second-order valence-corrected chi connectivity index (χ2v) is 5.37. The third-order valence-corrected chi connectivity index (χ3v) is 3.57. The Morgan fingerprint density at radius 1 is 0.900 bits per heavy atom. The summed E-state index contributed by atoms with van der Waals surface area (Å²) < 4.78 is 16.4. The number of rotatable bonds is 12. The summed E-state index contributed by atoms with van der Waals surface area (Å²) in [6.45, 7) is 9.69. The summed E-state index contributed by atoms with van der Waals surface area (Å²) in [6.07, 6.45) is 4.53.